The second-order valence-corrected chi connectivity index (χ2v) is 4.25. The molecular weight excluding hydrogens is 283 g/mol. The fourth-order valence-electron chi connectivity index (χ4n) is 1.40. The predicted molar refractivity (Wildman–Crippen MR) is 62.9 cm³/mol. The minimum atomic E-state index is -5.62. The van der Waals surface area contributed by atoms with Gasteiger partial charge in [-0.05, 0) is 24.1 Å². The van der Waals surface area contributed by atoms with E-state index in [0.717, 1.165) is 0 Å². The Hall–Kier alpha value is -1.70. The third kappa shape index (κ3) is 3.89. The van der Waals surface area contributed by atoms with Crippen LogP contribution in [0.15, 0.2) is 18.2 Å². The van der Waals surface area contributed by atoms with Gasteiger partial charge in [0.1, 0.15) is 12.4 Å². The summed E-state index contributed by atoms with van der Waals surface area (Å²) in [5.41, 5.74) is 6.75. The van der Waals surface area contributed by atoms with E-state index in [2.05, 4.69) is 4.74 Å². The van der Waals surface area contributed by atoms with Gasteiger partial charge in [0.25, 0.3) is 0 Å². The van der Waals surface area contributed by atoms with E-state index in [0.29, 0.717) is 16.7 Å². The summed E-state index contributed by atoms with van der Waals surface area (Å²) < 4.78 is 65.4. The highest BCUT2D eigenvalue weighted by atomic mass is 19.4. The SMILES string of the molecule is Cc1cc(C(=N)N)ccc1COCC(F)(F)C(F)(F)F. The molecule has 0 atom stereocenters. The largest absolute Gasteiger partial charge is 0.455 e. The Kier molecular flexibility index (Phi) is 4.69. The summed E-state index contributed by atoms with van der Waals surface area (Å²) in [5, 5.41) is 7.21. The molecule has 0 saturated carbocycles. The maximum atomic E-state index is 12.6. The van der Waals surface area contributed by atoms with E-state index in [-0.39, 0.29) is 12.4 Å². The molecule has 0 fully saturated rings. The second-order valence-electron chi connectivity index (χ2n) is 4.25. The number of amidine groups is 1. The lowest BCUT2D eigenvalue weighted by molar-refractivity contribution is -0.297. The third-order valence-corrected chi connectivity index (χ3v) is 2.61. The minimum Gasteiger partial charge on any atom is -0.384 e. The molecule has 112 valence electrons. The number of ether oxygens (including phenoxy) is 1. The van der Waals surface area contributed by atoms with Crippen LogP contribution in [0.3, 0.4) is 0 Å². The van der Waals surface area contributed by atoms with Crippen molar-refractivity contribution < 1.29 is 26.7 Å². The smallest absolute Gasteiger partial charge is 0.384 e. The molecular formula is C12H13F5N2O. The molecule has 3 nitrogen and oxygen atoms in total. The zero-order chi connectivity index (χ0) is 15.6. The molecule has 0 heterocycles. The van der Waals surface area contributed by atoms with E-state index in [9.17, 15) is 22.0 Å². The lowest BCUT2D eigenvalue weighted by Gasteiger charge is -2.19. The average molecular weight is 296 g/mol. The molecule has 0 radical (unpaired) electrons. The molecule has 0 unspecified atom stereocenters. The molecule has 1 aromatic rings. The number of hydrogen-bond donors (Lipinski definition) is 2. The summed E-state index contributed by atoms with van der Waals surface area (Å²) in [7, 11) is 0. The Morgan fingerprint density at radius 2 is 1.85 bits per heavy atom. The van der Waals surface area contributed by atoms with Crippen LogP contribution in [-0.4, -0.2) is 24.5 Å². The van der Waals surface area contributed by atoms with Crippen LogP contribution >= 0.6 is 0 Å². The molecule has 0 aliphatic carbocycles. The summed E-state index contributed by atoms with van der Waals surface area (Å²) in [6.45, 7) is -0.493. The van der Waals surface area contributed by atoms with E-state index >= 15 is 0 Å². The predicted octanol–water partition coefficient (Wildman–Crippen LogP) is 2.99. The van der Waals surface area contributed by atoms with Gasteiger partial charge in [0.05, 0.1) is 6.61 Å². The maximum absolute atomic E-state index is 12.6. The molecule has 1 aromatic carbocycles. The maximum Gasteiger partial charge on any atom is 0.455 e. The fraction of sp³-hybridized carbons (Fsp3) is 0.417. The molecule has 0 aliphatic heterocycles. The number of nitrogens with two attached hydrogens (primary N) is 1. The van der Waals surface area contributed by atoms with E-state index in [1.165, 1.54) is 18.2 Å². The van der Waals surface area contributed by atoms with Crippen molar-refractivity contribution >= 4 is 5.84 Å². The van der Waals surface area contributed by atoms with Crippen molar-refractivity contribution in [3.8, 4) is 0 Å². The van der Waals surface area contributed by atoms with Gasteiger partial charge in [-0.3, -0.25) is 5.41 Å². The fourth-order valence-corrected chi connectivity index (χ4v) is 1.40. The quantitative estimate of drug-likeness (QED) is 0.498. The second kappa shape index (κ2) is 5.74. The standard InChI is InChI=1S/C12H13F5N2O/c1-7-4-8(10(18)19)2-3-9(7)5-20-6-11(13,14)12(15,16)17/h2-4H,5-6H2,1H3,(H3,18,19). The van der Waals surface area contributed by atoms with Crippen molar-refractivity contribution in [3.05, 3.63) is 34.9 Å². The summed E-state index contributed by atoms with van der Waals surface area (Å²) in [6.07, 6.45) is -5.62. The Labute approximate surface area is 112 Å². The highest BCUT2D eigenvalue weighted by Gasteiger charge is 2.57. The van der Waals surface area contributed by atoms with E-state index in [4.69, 9.17) is 11.1 Å². The average Bonchev–Trinajstić information content (AvgIpc) is 2.29. The number of alkyl halides is 5. The van der Waals surface area contributed by atoms with Gasteiger partial charge in [0, 0.05) is 5.56 Å². The Balaban J connectivity index is 2.66. The van der Waals surface area contributed by atoms with Crippen LogP contribution in [-0.2, 0) is 11.3 Å². The number of rotatable bonds is 5. The van der Waals surface area contributed by atoms with Crippen LogP contribution < -0.4 is 5.73 Å². The van der Waals surface area contributed by atoms with Gasteiger partial charge in [0.15, 0.2) is 0 Å². The molecule has 8 heteroatoms. The Bertz CT molecular complexity index is 499. The first-order chi connectivity index (χ1) is 9.04. The Morgan fingerprint density at radius 3 is 2.30 bits per heavy atom. The first-order valence-corrected chi connectivity index (χ1v) is 5.51. The molecule has 0 amide bonds. The van der Waals surface area contributed by atoms with Crippen LogP contribution in [0.1, 0.15) is 16.7 Å². The van der Waals surface area contributed by atoms with Crippen molar-refractivity contribution in [2.45, 2.75) is 25.6 Å². The molecule has 0 aliphatic rings. The zero-order valence-corrected chi connectivity index (χ0v) is 10.5. The minimum absolute atomic E-state index is 0.163. The highest BCUT2D eigenvalue weighted by Crippen LogP contribution is 2.35. The van der Waals surface area contributed by atoms with Crippen molar-refractivity contribution in [1.82, 2.24) is 0 Å². The molecule has 0 spiro atoms. The van der Waals surface area contributed by atoms with Gasteiger partial charge in [-0.1, -0.05) is 12.1 Å². The number of halogens is 5. The number of nitrogens with one attached hydrogen (secondary N) is 1. The molecule has 1 rings (SSSR count). The first kappa shape index (κ1) is 16.4. The van der Waals surface area contributed by atoms with Gasteiger partial charge >= 0.3 is 12.1 Å². The van der Waals surface area contributed by atoms with Crippen molar-refractivity contribution in [1.29, 1.82) is 5.41 Å². The van der Waals surface area contributed by atoms with E-state index in [1.54, 1.807) is 6.92 Å². The van der Waals surface area contributed by atoms with Gasteiger partial charge in [-0.25, -0.2) is 0 Å². The van der Waals surface area contributed by atoms with Gasteiger partial charge in [-0.15, -0.1) is 0 Å². The van der Waals surface area contributed by atoms with Crippen molar-refractivity contribution in [2.24, 2.45) is 5.73 Å². The van der Waals surface area contributed by atoms with Crippen LogP contribution in [0.2, 0.25) is 0 Å². The van der Waals surface area contributed by atoms with Crippen molar-refractivity contribution in [3.63, 3.8) is 0 Å². The number of benzene rings is 1. The van der Waals surface area contributed by atoms with Crippen LogP contribution in [0.5, 0.6) is 0 Å². The van der Waals surface area contributed by atoms with E-state index in [1.807, 2.05) is 0 Å². The molecule has 0 saturated heterocycles. The molecule has 3 N–H and O–H groups in total. The first-order valence-electron chi connectivity index (χ1n) is 5.51. The molecule has 0 aromatic heterocycles. The van der Waals surface area contributed by atoms with E-state index < -0.39 is 18.7 Å². The Morgan fingerprint density at radius 1 is 1.25 bits per heavy atom. The third-order valence-electron chi connectivity index (χ3n) is 2.61. The summed E-state index contributed by atoms with van der Waals surface area (Å²) >= 11 is 0. The lowest BCUT2D eigenvalue weighted by atomic mass is 10.1. The van der Waals surface area contributed by atoms with Gasteiger partial charge < -0.3 is 10.5 Å². The van der Waals surface area contributed by atoms with Gasteiger partial charge in [0.2, 0.25) is 0 Å². The van der Waals surface area contributed by atoms with Crippen LogP contribution in [0, 0.1) is 12.3 Å². The lowest BCUT2D eigenvalue weighted by Crippen LogP contribution is -2.40. The zero-order valence-electron chi connectivity index (χ0n) is 10.5. The monoisotopic (exact) mass is 296 g/mol. The summed E-state index contributed by atoms with van der Waals surface area (Å²) in [4.78, 5) is 0. The molecule has 0 bridgehead atoms. The number of hydrogen-bond acceptors (Lipinski definition) is 2. The van der Waals surface area contributed by atoms with Crippen LogP contribution in [0.25, 0.3) is 0 Å². The number of nitrogen functional groups attached to an aromatic ring is 1. The summed E-state index contributed by atoms with van der Waals surface area (Å²) in [6, 6.07) is 4.47. The van der Waals surface area contributed by atoms with Crippen molar-refractivity contribution in [2.75, 3.05) is 6.61 Å². The highest BCUT2D eigenvalue weighted by molar-refractivity contribution is 5.95. The molecule has 20 heavy (non-hydrogen) atoms. The van der Waals surface area contributed by atoms with Crippen LogP contribution in [0.4, 0.5) is 22.0 Å². The topological polar surface area (TPSA) is 59.1 Å². The number of aryl methyl sites for hydroxylation is 1. The normalized spacial score (nSPS) is 12.5. The summed E-state index contributed by atoms with van der Waals surface area (Å²) in [5.74, 6) is -5.04. The van der Waals surface area contributed by atoms with Gasteiger partial charge in [-0.2, -0.15) is 22.0 Å².